The summed E-state index contributed by atoms with van der Waals surface area (Å²) in [5, 5.41) is 5.27. The number of anilines is 1. The maximum absolute atomic E-state index is 12.5. The molecule has 0 bridgehead atoms. The zero-order valence-electron chi connectivity index (χ0n) is 14.1. The van der Waals surface area contributed by atoms with Crippen LogP contribution in [0.25, 0.3) is 0 Å². The van der Waals surface area contributed by atoms with E-state index in [1.807, 2.05) is 11.3 Å². The molecule has 1 fully saturated rings. The van der Waals surface area contributed by atoms with Crippen LogP contribution in [0.2, 0.25) is 0 Å². The van der Waals surface area contributed by atoms with Gasteiger partial charge in [-0.1, -0.05) is 23.8 Å². The van der Waals surface area contributed by atoms with Crippen molar-refractivity contribution < 1.29 is 9.69 Å². The van der Waals surface area contributed by atoms with Crippen LogP contribution in [0.15, 0.2) is 29.6 Å². The molecule has 1 aromatic carbocycles. The maximum Gasteiger partial charge on any atom is 0.279 e. The van der Waals surface area contributed by atoms with Gasteiger partial charge in [0, 0.05) is 18.5 Å². The first-order valence-corrected chi connectivity index (χ1v) is 9.18. The molecule has 4 heteroatoms. The number of carbonyl (C=O) groups is 1. The molecule has 2 atom stereocenters. The average molecular weight is 329 g/mol. The summed E-state index contributed by atoms with van der Waals surface area (Å²) in [5.41, 5.74) is 4.50. The largest absolute Gasteiger partial charge is 0.321 e. The number of hydrogen-bond acceptors (Lipinski definition) is 2. The Morgan fingerprint density at radius 1 is 1.30 bits per heavy atom. The van der Waals surface area contributed by atoms with Crippen LogP contribution in [0.4, 0.5) is 5.69 Å². The molecule has 2 heterocycles. The minimum atomic E-state index is 0.124. The number of aryl methyl sites for hydroxylation is 3. The predicted octanol–water partition coefficient (Wildman–Crippen LogP) is 3.03. The zero-order valence-corrected chi connectivity index (χ0v) is 14.9. The van der Waals surface area contributed by atoms with Crippen molar-refractivity contribution in [1.29, 1.82) is 0 Å². The van der Waals surface area contributed by atoms with Crippen LogP contribution in [-0.2, 0) is 4.79 Å². The van der Waals surface area contributed by atoms with E-state index < -0.39 is 0 Å². The van der Waals surface area contributed by atoms with Crippen molar-refractivity contribution in [3.63, 3.8) is 0 Å². The third kappa shape index (κ3) is 3.65. The molecular formula is C19H25N2OS+. The zero-order chi connectivity index (χ0) is 16.4. The molecule has 23 heavy (non-hydrogen) atoms. The smallest absolute Gasteiger partial charge is 0.279 e. The van der Waals surface area contributed by atoms with Crippen molar-refractivity contribution in [1.82, 2.24) is 0 Å². The molecule has 0 radical (unpaired) electrons. The first-order chi connectivity index (χ1) is 11.0. The van der Waals surface area contributed by atoms with Gasteiger partial charge in [0.2, 0.25) is 0 Å². The molecule has 0 aliphatic carbocycles. The standard InChI is InChI=1S/C19H24N2OS/c1-13-10-14(2)19(15(3)11-13)20-18(22)12-21-8-4-6-16(21)17-7-5-9-23-17/h5,7,9-11,16H,4,6,8,12H2,1-3H3,(H,20,22)/p+1/t16-/m0/s1. The van der Waals surface area contributed by atoms with Gasteiger partial charge in [-0.2, -0.15) is 0 Å². The Hall–Kier alpha value is -1.65. The van der Waals surface area contributed by atoms with Crippen molar-refractivity contribution in [3.05, 3.63) is 51.2 Å². The van der Waals surface area contributed by atoms with Crippen molar-refractivity contribution in [2.45, 2.75) is 39.7 Å². The van der Waals surface area contributed by atoms with Crippen molar-refractivity contribution in [2.75, 3.05) is 18.4 Å². The van der Waals surface area contributed by atoms with Gasteiger partial charge in [-0.15, -0.1) is 11.3 Å². The SMILES string of the molecule is Cc1cc(C)c(NC(=O)C[NH+]2CCC[C@H]2c2cccs2)c(C)c1. The van der Waals surface area contributed by atoms with Gasteiger partial charge < -0.3 is 10.2 Å². The molecule has 2 aromatic rings. The monoisotopic (exact) mass is 329 g/mol. The summed E-state index contributed by atoms with van der Waals surface area (Å²) in [6.45, 7) is 7.85. The molecule has 0 spiro atoms. The highest BCUT2D eigenvalue weighted by molar-refractivity contribution is 7.10. The van der Waals surface area contributed by atoms with E-state index in [2.05, 4.69) is 55.7 Å². The highest BCUT2D eigenvalue weighted by Crippen LogP contribution is 2.24. The van der Waals surface area contributed by atoms with E-state index in [0.29, 0.717) is 12.6 Å². The lowest BCUT2D eigenvalue weighted by atomic mass is 10.1. The van der Waals surface area contributed by atoms with Gasteiger partial charge in [-0.3, -0.25) is 4.79 Å². The number of thiophene rings is 1. The van der Waals surface area contributed by atoms with Gasteiger partial charge in [0.15, 0.2) is 6.54 Å². The van der Waals surface area contributed by atoms with E-state index in [1.165, 1.54) is 28.2 Å². The minimum absolute atomic E-state index is 0.124. The number of likely N-dealkylation sites (tertiary alicyclic amines) is 1. The molecule has 1 aliphatic rings. The second-order valence-electron chi connectivity index (χ2n) is 6.62. The number of benzene rings is 1. The summed E-state index contributed by atoms with van der Waals surface area (Å²) < 4.78 is 0. The maximum atomic E-state index is 12.5. The Kier molecular flexibility index (Phi) is 4.83. The molecule has 0 saturated carbocycles. The Morgan fingerprint density at radius 3 is 2.70 bits per heavy atom. The van der Waals surface area contributed by atoms with Crippen LogP contribution in [-0.4, -0.2) is 19.0 Å². The van der Waals surface area contributed by atoms with E-state index in [1.54, 1.807) is 0 Å². The number of hydrogen-bond donors (Lipinski definition) is 2. The number of quaternary nitrogens is 1. The Bertz CT molecular complexity index is 670. The summed E-state index contributed by atoms with van der Waals surface area (Å²) in [6.07, 6.45) is 2.39. The van der Waals surface area contributed by atoms with Gasteiger partial charge in [-0.25, -0.2) is 0 Å². The fraction of sp³-hybridized carbons (Fsp3) is 0.421. The summed E-state index contributed by atoms with van der Waals surface area (Å²) in [6, 6.07) is 9.04. The first kappa shape index (κ1) is 16.2. The van der Waals surface area contributed by atoms with Crippen molar-refractivity contribution in [3.8, 4) is 0 Å². The molecule has 3 rings (SSSR count). The molecule has 1 amide bonds. The topological polar surface area (TPSA) is 33.5 Å². The number of amides is 1. The molecule has 122 valence electrons. The van der Waals surface area contributed by atoms with Gasteiger partial charge in [-0.05, 0) is 43.3 Å². The second kappa shape index (κ2) is 6.85. The molecule has 1 aliphatic heterocycles. The highest BCUT2D eigenvalue weighted by Gasteiger charge is 2.32. The Labute approximate surface area is 142 Å². The number of nitrogens with one attached hydrogen (secondary N) is 2. The average Bonchev–Trinajstić information content (AvgIpc) is 3.13. The fourth-order valence-electron chi connectivity index (χ4n) is 3.72. The third-order valence-corrected chi connectivity index (χ3v) is 5.69. The van der Waals surface area contributed by atoms with Crippen LogP contribution < -0.4 is 10.2 Å². The minimum Gasteiger partial charge on any atom is -0.321 e. The van der Waals surface area contributed by atoms with Crippen LogP contribution in [0.3, 0.4) is 0 Å². The van der Waals surface area contributed by atoms with E-state index in [0.717, 1.165) is 23.4 Å². The lowest BCUT2D eigenvalue weighted by Gasteiger charge is -2.21. The van der Waals surface area contributed by atoms with E-state index in [4.69, 9.17) is 0 Å². The number of carbonyl (C=O) groups excluding carboxylic acids is 1. The van der Waals surface area contributed by atoms with E-state index in [-0.39, 0.29) is 5.91 Å². The van der Waals surface area contributed by atoms with Gasteiger partial charge >= 0.3 is 0 Å². The quantitative estimate of drug-likeness (QED) is 0.888. The molecule has 3 nitrogen and oxygen atoms in total. The molecule has 1 saturated heterocycles. The Morgan fingerprint density at radius 2 is 2.04 bits per heavy atom. The summed E-state index contributed by atoms with van der Waals surface area (Å²) >= 11 is 1.81. The van der Waals surface area contributed by atoms with Crippen LogP contribution in [0.1, 0.15) is 40.5 Å². The van der Waals surface area contributed by atoms with Crippen molar-refractivity contribution in [2.24, 2.45) is 0 Å². The van der Waals surface area contributed by atoms with Gasteiger partial charge in [0.1, 0.15) is 6.04 Å². The summed E-state index contributed by atoms with van der Waals surface area (Å²) in [4.78, 5) is 15.4. The van der Waals surface area contributed by atoms with Crippen LogP contribution in [0, 0.1) is 20.8 Å². The molecular weight excluding hydrogens is 304 g/mol. The fourth-order valence-corrected chi connectivity index (χ4v) is 4.64. The highest BCUT2D eigenvalue weighted by atomic mass is 32.1. The predicted molar refractivity (Wildman–Crippen MR) is 96.3 cm³/mol. The first-order valence-electron chi connectivity index (χ1n) is 8.30. The van der Waals surface area contributed by atoms with Crippen molar-refractivity contribution >= 4 is 22.9 Å². The molecule has 1 aromatic heterocycles. The van der Waals surface area contributed by atoms with E-state index >= 15 is 0 Å². The van der Waals surface area contributed by atoms with Gasteiger partial charge in [0.05, 0.1) is 11.4 Å². The lowest BCUT2D eigenvalue weighted by molar-refractivity contribution is -0.910. The molecule has 1 unspecified atom stereocenters. The third-order valence-electron chi connectivity index (χ3n) is 4.70. The lowest BCUT2D eigenvalue weighted by Crippen LogP contribution is -3.11. The molecule has 2 N–H and O–H groups in total. The Balaban J connectivity index is 1.68. The van der Waals surface area contributed by atoms with E-state index in [9.17, 15) is 4.79 Å². The normalized spacial score (nSPS) is 20.7. The van der Waals surface area contributed by atoms with Crippen LogP contribution >= 0.6 is 11.3 Å². The van der Waals surface area contributed by atoms with Crippen LogP contribution in [0.5, 0.6) is 0 Å². The number of rotatable bonds is 4. The second-order valence-corrected chi connectivity index (χ2v) is 7.60. The summed E-state index contributed by atoms with van der Waals surface area (Å²) in [7, 11) is 0. The van der Waals surface area contributed by atoms with Gasteiger partial charge in [0.25, 0.3) is 5.91 Å². The summed E-state index contributed by atoms with van der Waals surface area (Å²) in [5.74, 6) is 0.124.